The number of nitrogens with one attached hydrogen (secondary N) is 1. The topological polar surface area (TPSA) is 103 Å². The fourth-order valence-electron chi connectivity index (χ4n) is 2.67. The van der Waals surface area contributed by atoms with Crippen molar-refractivity contribution in [3.05, 3.63) is 83.1 Å². The molecule has 1 aromatic heterocycles. The molecule has 0 saturated heterocycles. The van der Waals surface area contributed by atoms with Crippen molar-refractivity contribution in [3.63, 3.8) is 0 Å². The van der Waals surface area contributed by atoms with Crippen molar-refractivity contribution in [1.82, 2.24) is 0 Å². The number of aromatic carboxylic acids is 1. The smallest absolute Gasteiger partial charge is 0.336 e. The summed E-state index contributed by atoms with van der Waals surface area (Å²) >= 11 is 0. The highest BCUT2D eigenvalue weighted by Crippen LogP contribution is 2.27. The molecule has 28 heavy (non-hydrogen) atoms. The van der Waals surface area contributed by atoms with Crippen LogP contribution in [0.2, 0.25) is 0 Å². The van der Waals surface area contributed by atoms with Crippen molar-refractivity contribution in [2.45, 2.75) is 6.92 Å². The molecule has 3 rings (SSSR count). The molecule has 2 aromatic carbocycles. The van der Waals surface area contributed by atoms with Crippen molar-refractivity contribution in [1.29, 1.82) is 5.26 Å². The Bertz CT molecular complexity index is 1120. The lowest BCUT2D eigenvalue weighted by Gasteiger charge is -2.04. The third-order valence-corrected chi connectivity index (χ3v) is 3.98. The van der Waals surface area contributed by atoms with E-state index < -0.39 is 11.9 Å². The SMILES string of the molecule is Cc1cccc(NC(=O)/C(C#N)=C\c2ccc(-c3ccccc3C(=O)O)o2)c1. The third kappa shape index (κ3) is 4.17. The summed E-state index contributed by atoms with van der Waals surface area (Å²) in [6.45, 7) is 1.90. The molecule has 0 aliphatic heterocycles. The summed E-state index contributed by atoms with van der Waals surface area (Å²) in [5, 5.41) is 21.3. The molecule has 6 nitrogen and oxygen atoms in total. The number of carboxylic acids is 1. The number of rotatable bonds is 5. The van der Waals surface area contributed by atoms with E-state index in [0.29, 0.717) is 17.0 Å². The molecule has 0 aliphatic rings. The maximum atomic E-state index is 12.4. The molecule has 0 radical (unpaired) electrons. The highest BCUT2D eigenvalue weighted by atomic mass is 16.4. The van der Waals surface area contributed by atoms with Gasteiger partial charge in [-0.3, -0.25) is 4.79 Å². The number of nitriles is 1. The van der Waals surface area contributed by atoms with E-state index in [9.17, 15) is 20.0 Å². The van der Waals surface area contributed by atoms with Crippen molar-refractivity contribution in [2.75, 3.05) is 5.32 Å². The minimum Gasteiger partial charge on any atom is -0.478 e. The third-order valence-electron chi connectivity index (χ3n) is 3.98. The van der Waals surface area contributed by atoms with E-state index in [1.807, 2.05) is 19.1 Å². The first kappa shape index (κ1) is 18.7. The van der Waals surface area contributed by atoms with Crippen LogP contribution in [-0.4, -0.2) is 17.0 Å². The summed E-state index contributed by atoms with van der Waals surface area (Å²) in [6, 6.07) is 18.7. The first-order valence-corrected chi connectivity index (χ1v) is 8.40. The lowest BCUT2D eigenvalue weighted by atomic mass is 10.1. The van der Waals surface area contributed by atoms with Gasteiger partial charge in [0.1, 0.15) is 23.2 Å². The molecule has 0 bridgehead atoms. The van der Waals surface area contributed by atoms with E-state index in [4.69, 9.17) is 4.42 Å². The van der Waals surface area contributed by atoms with Crippen LogP contribution in [0.4, 0.5) is 5.69 Å². The Kier molecular flexibility index (Phi) is 5.38. The number of nitrogens with zero attached hydrogens (tertiary/aromatic N) is 1. The number of carbonyl (C=O) groups excluding carboxylic acids is 1. The number of hydrogen-bond acceptors (Lipinski definition) is 4. The molecule has 0 saturated carbocycles. The Morgan fingerprint density at radius 1 is 1.11 bits per heavy atom. The van der Waals surface area contributed by atoms with Crippen LogP contribution >= 0.6 is 0 Å². The van der Waals surface area contributed by atoms with Gasteiger partial charge in [0, 0.05) is 17.3 Å². The van der Waals surface area contributed by atoms with Gasteiger partial charge in [0.05, 0.1) is 5.56 Å². The average molecular weight is 372 g/mol. The second-order valence-electron chi connectivity index (χ2n) is 6.05. The number of benzene rings is 2. The molecule has 0 fully saturated rings. The molecule has 0 atom stereocenters. The monoisotopic (exact) mass is 372 g/mol. The van der Waals surface area contributed by atoms with Gasteiger partial charge >= 0.3 is 5.97 Å². The van der Waals surface area contributed by atoms with Crippen LogP contribution in [0.5, 0.6) is 0 Å². The van der Waals surface area contributed by atoms with Crippen LogP contribution in [0.25, 0.3) is 17.4 Å². The summed E-state index contributed by atoms with van der Waals surface area (Å²) in [5.74, 6) is -1.02. The van der Waals surface area contributed by atoms with Gasteiger partial charge in [-0.05, 0) is 42.8 Å². The highest BCUT2D eigenvalue weighted by molar-refractivity contribution is 6.09. The molecule has 1 heterocycles. The van der Waals surface area contributed by atoms with Gasteiger partial charge in [0.2, 0.25) is 0 Å². The van der Waals surface area contributed by atoms with Crippen LogP contribution in [0, 0.1) is 18.3 Å². The Hall–Kier alpha value is -4.11. The predicted molar refractivity (Wildman–Crippen MR) is 105 cm³/mol. The Balaban J connectivity index is 1.86. The zero-order valence-corrected chi connectivity index (χ0v) is 15.0. The summed E-state index contributed by atoms with van der Waals surface area (Å²) in [6.07, 6.45) is 1.32. The van der Waals surface area contributed by atoms with Crippen molar-refractivity contribution in [3.8, 4) is 17.4 Å². The van der Waals surface area contributed by atoms with Crippen LogP contribution in [0.3, 0.4) is 0 Å². The molecule has 0 aliphatic carbocycles. The van der Waals surface area contributed by atoms with E-state index in [1.165, 1.54) is 12.1 Å². The number of carboxylic acid groups (broad SMARTS) is 1. The van der Waals surface area contributed by atoms with Gasteiger partial charge in [-0.2, -0.15) is 5.26 Å². The number of hydrogen-bond donors (Lipinski definition) is 2. The Morgan fingerprint density at radius 2 is 1.89 bits per heavy atom. The molecule has 0 spiro atoms. The van der Waals surface area contributed by atoms with E-state index in [1.54, 1.807) is 48.5 Å². The number of amides is 1. The molecular formula is C22H16N2O4. The second-order valence-corrected chi connectivity index (χ2v) is 6.05. The Morgan fingerprint density at radius 3 is 2.61 bits per heavy atom. The van der Waals surface area contributed by atoms with E-state index in [-0.39, 0.29) is 16.9 Å². The first-order valence-electron chi connectivity index (χ1n) is 8.40. The normalized spacial score (nSPS) is 10.9. The predicted octanol–water partition coefficient (Wildman–Crippen LogP) is 4.50. The van der Waals surface area contributed by atoms with Crippen LogP contribution in [-0.2, 0) is 4.79 Å². The summed E-state index contributed by atoms with van der Waals surface area (Å²) in [4.78, 5) is 23.7. The van der Waals surface area contributed by atoms with Gasteiger partial charge in [-0.1, -0.05) is 30.3 Å². The minimum absolute atomic E-state index is 0.102. The van der Waals surface area contributed by atoms with Crippen LogP contribution in [0.15, 0.2) is 70.7 Å². The molecular weight excluding hydrogens is 356 g/mol. The molecule has 138 valence electrons. The second kappa shape index (κ2) is 8.06. The molecule has 2 N–H and O–H groups in total. The lowest BCUT2D eigenvalue weighted by Crippen LogP contribution is -2.13. The van der Waals surface area contributed by atoms with Crippen molar-refractivity contribution >= 4 is 23.6 Å². The van der Waals surface area contributed by atoms with Gasteiger partial charge in [0.25, 0.3) is 5.91 Å². The fourth-order valence-corrected chi connectivity index (χ4v) is 2.67. The number of furan rings is 1. The van der Waals surface area contributed by atoms with Gasteiger partial charge in [-0.25, -0.2) is 4.79 Å². The molecule has 0 unspecified atom stereocenters. The van der Waals surface area contributed by atoms with Gasteiger partial charge < -0.3 is 14.8 Å². The molecule has 3 aromatic rings. The summed E-state index contributed by atoms with van der Waals surface area (Å²) in [7, 11) is 0. The lowest BCUT2D eigenvalue weighted by molar-refractivity contribution is -0.112. The first-order chi connectivity index (χ1) is 13.5. The zero-order valence-electron chi connectivity index (χ0n) is 15.0. The van der Waals surface area contributed by atoms with Crippen LogP contribution < -0.4 is 5.32 Å². The maximum Gasteiger partial charge on any atom is 0.336 e. The Labute approximate surface area is 161 Å². The quantitative estimate of drug-likeness (QED) is 0.507. The highest BCUT2D eigenvalue weighted by Gasteiger charge is 2.15. The van der Waals surface area contributed by atoms with Crippen molar-refractivity contribution < 1.29 is 19.1 Å². The largest absolute Gasteiger partial charge is 0.478 e. The summed E-state index contributed by atoms with van der Waals surface area (Å²) < 4.78 is 5.64. The van der Waals surface area contributed by atoms with E-state index in [0.717, 1.165) is 5.56 Å². The van der Waals surface area contributed by atoms with Crippen LogP contribution in [0.1, 0.15) is 21.7 Å². The zero-order chi connectivity index (χ0) is 20.1. The standard InChI is InChI=1S/C22H16N2O4/c1-14-5-4-6-16(11-14)24-21(25)15(13-23)12-17-9-10-20(28-17)18-7-2-3-8-19(18)22(26)27/h2-12H,1H3,(H,24,25)(H,26,27)/b15-12-. The fraction of sp³-hybridized carbons (Fsp3) is 0.0455. The summed E-state index contributed by atoms with van der Waals surface area (Å²) in [5.41, 5.74) is 1.95. The average Bonchev–Trinajstić information content (AvgIpc) is 3.14. The maximum absolute atomic E-state index is 12.4. The molecule has 6 heteroatoms. The number of carbonyl (C=O) groups is 2. The molecule has 1 amide bonds. The number of anilines is 1. The number of aryl methyl sites for hydroxylation is 1. The van der Waals surface area contributed by atoms with Gasteiger partial charge in [-0.15, -0.1) is 0 Å². The van der Waals surface area contributed by atoms with E-state index >= 15 is 0 Å². The minimum atomic E-state index is -1.07. The van der Waals surface area contributed by atoms with Crippen molar-refractivity contribution in [2.24, 2.45) is 0 Å². The van der Waals surface area contributed by atoms with E-state index in [2.05, 4.69) is 5.32 Å². The van der Waals surface area contributed by atoms with Gasteiger partial charge in [0.15, 0.2) is 0 Å².